The van der Waals surface area contributed by atoms with E-state index in [1.54, 1.807) is 32.7 Å². The van der Waals surface area contributed by atoms with Gasteiger partial charge in [0, 0.05) is 78.5 Å². The molecule has 34 heavy (non-hydrogen) atoms. The Balaban J connectivity index is 2.41. The lowest BCUT2D eigenvalue weighted by Gasteiger charge is -2.16. The van der Waals surface area contributed by atoms with Crippen molar-refractivity contribution in [2.75, 3.05) is 19.4 Å². The average molecular weight is 456 g/mol. The smallest absolute Gasteiger partial charge is 0.247 e. The molecule has 0 fully saturated rings. The molecule has 0 saturated carbocycles. The van der Waals surface area contributed by atoms with Crippen LogP contribution in [0.15, 0.2) is 59.4 Å². The molecule has 3 rings (SSSR count). The van der Waals surface area contributed by atoms with Crippen LogP contribution in [0.2, 0.25) is 0 Å². The van der Waals surface area contributed by atoms with E-state index in [0.29, 0.717) is 11.2 Å². The Morgan fingerprint density at radius 3 is 2.41 bits per heavy atom. The highest BCUT2D eigenvalue weighted by Gasteiger charge is 2.21. The summed E-state index contributed by atoms with van der Waals surface area (Å²) in [6.07, 6.45) is 9.37. The first kappa shape index (κ1) is 24.2. The highest BCUT2D eigenvalue weighted by Crippen LogP contribution is 2.40. The number of aryl methyl sites for hydroxylation is 1. The number of pyridine rings is 1. The Kier molecular flexibility index (Phi) is 7.43. The number of carbonyl (C=O) groups is 1. The molecule has 174 valence electrons. The molecule has 8 nitrogen and oxygen atoms in total. The second-order valence-corrected chi connectivity index (χ2v) is 7.64. The summed E-state index contributed by atoms with van der Waals surface area (Å²) in [5, 5.41) is 3.80. The molecule has 3 aromatic rings. The number of H-pyrrole nitrogens is 1. The van der Waals surface area contributed by atoms with E-state index in [0.717, 1.165) is 50.2 Å². The normalized spacial score (nSPS) is 12.7. The molecule has 2 aromatic heterocycles. The van der Waals surface area contributed by atoms with Crippen LogP contribution < -0.4 is 16.8 Å². The third-order valence-electron chi connectivity index (χ3n) is 5.54. The number of anilines is 1. The number of nitrogens with zero attached hydrogens (tertiary/aromatic N) is 3. The molecule has 0 spiro atoms. The summed E-state index contributed by atoms with van der Waals surface area (Å²) < 4.78 is 0. The summed E-state index contributed by atoms with van der Waals surface area (Å²) in [7, 11) is 3.37. The van der Waals surface area contributed by atoms with E-state index in [1.165, 1.54) is 18.5 Å². The summed E-state index contributed by atoms with van der Waals surface area (Å²) in [5.41, 5.74) is 19.9. The third-order valence-corrected chi connectivity index (χ3v) is 5.54. The number of nitrogens with one attached hydrogen (secondary N) is 2. The van der Waals surface area contributed by atoms with Crippen molar-refractivity contribution in [3.8, 4) is 11.1 Å². The molecule has 0 saturated heterocycles. The molecule has 0 atom stereocenters. The largest absolute Gasteiger partial charge is 0.404 e. The highest BCUT2D eigenvalue weighted by atomic mass is 16.1. The fourth-order valence-corrected chi connectivity index (χ4v) is 3.89. The van der Waals surface area contributed by atoms with Crippen molar-refractivity contribution in [3.63, 3.8) is 0 Å². The molecule has 0 radical (unpaired) electrons. The molecular formula is C26H29N7O. The monoisotopic (exact) mass is 455 g/mol. The molecule has 0 aliphatic rings. The zero-order chi connectivity index (χ0) is 24.8. The van der Waals surface area contributed by atoms with Gasteiger partial charge in [0.15, 0.2) is 0 Å². The van der Waals surface area contributed by atoms with Crippen molar-refractivity contribution in [2.24, 2.45) is 21.5 Å². The van der Waals surface area contributed by atoms with E-state index >= 15 is 0 Å². The molecular weight excluding hydrogens is 426 g/mol. The molecule has 2 heterocycles. The van der Waals surface area contributed by atoms with E-state index in [2.05, 4.69) is 31.8 Å². The predicted octanol–water partition coefficient (Wildman–Crippen LogP) is 3.97. The SMILES string of the molecule is C=CC(=O)Nc1c(C)ccc(-c2c(/C(C=NC)=C/N)[nH]c3ncc(/C(C=NC)=C/N)cc23)c1C. The fourth-order valence-electron chi connectivity index (χ4n) is 3.89. The lowest BCUT2D eigenvalue weighted by molar-refractivity contribution is -0.111. The number of aromatic nitrogens is 2. The van der Waals surface area contributed by atoms with Gasteiger partial charge in [-0.05, 0) is 42.7 Å². The summed E-state index contributed by atoms with van der Waals surface area (Å²) in [5.74, 6) is -0.274. The van der Waals surface area contributed by atoms with Crippen LogP contribution in [0, 0.1) is 13.8 Å². The van der Waals surface area contributed by atoms with Gasteiger partial charge in [-0.3, -0.25) is 14.8 Å². The Morgan fingerprint density at radius 1 is 1.12 bits per heavy atom. The first-order valence-corrected chi connectivity index (χ1v) is 10.6. The number of aliphatic imine (C=N–C) groups is 2. The van der Waals surface area contributed by atoms with Crippen molar-refractivity contribution in [2.45, 2.75) is 13.8 Å². The summed E-state index contributed by atoms with van der Waals surface area (Å²) in [6.45, 7) is 7.48. The summed E-state index contributed by atoms with van der Waals surface area (Å²) in [6, 6.07) is 6.00. The summed E-state index contributed by atoms with van der Waals surface area (Å²) >= 11 is 0. The Morgan fingerprint density at radius 2 is 1.79 bits per heavy atom. The van der Waals surface area contributed by atoms with Gasteiger partial charge in [-0.2, -0.15) is 0 Å². The molecule has 0 aliphatic carbocycles. The molecule has 8 heteroatoms. The molecule has 0 aliphatic heterocycles. The van der Waals surface area contributed by atoms with Gasteiger partial charge in [-0.15, -0.1) is 0 Å². The Labute approximate surface area is 198 Å². The van der Waals surface area contributed by atoms with Gasteiger partial charge < -0.3 is 21.8 Å². The number of carbonyl (C=O) groups excluding carboxylic acids is 1. The van der Waals surface area contributed by atoms with E-state index in [-0.39, 0.29) is 5.91 Å². The number of allylic oxidation sites excluding steroid dienone is 2. The topological polar surface area (TPSA) is 135 Å². The van der Waals surface area contributed by atoms with Gasteiger partial charge in [0.25, 0.3) is 0 Å². The van der Waals surface area contributed by atoms with Crippen LogP contribution >= 0.6 is 0 Å². The number of amides is 1. The first-order valence-electron chi connectivity index (χ1n) is 10.6. The molecule has 6 N–H and O–H groups in total. The Hall–Kier alpha value is -4.46. The van der Waals surface area contributed by atoms with Crippen molar-refractivity contribution in [1.82, 2.24) is 9.97 Å². The quantitative estimate of drug-likeness (QED) is 0.317. The van der Waals surface area contributed by atoms with Gasteiger partial charge in [0.1, 0.15) is 5.65 Å². The number of hydrogen-bond acceptors (Lipinski definition) is 6. The molecule has 0 bridgehead atoms. The van der Waals surface area contributed by atoms with Gasteiger partial charge >= 0.3 is 0 Å². The predicted molar refractivity (Wildman–Crippen MR) is 143 cm³/mol. The summed E-state index contributed by atoms with van der Waals surface area (Å²) in [4.78, 5) is 28.4. The lowest BCUT2D eigenvalue weighted by atomic mass is 9.92. The second-order valence-electron chi connectivity index (χ2n) is 7.64. The van der Waals surface area contributed by atoms with Gasteiger partial charge in [0.05, 0.1) is 5.69 Å². The van der Waals surface area contributed by atoms with Crippen molar-refractivity contribution < 1.29 is 4.79 Å². The zero-order valence-corrected chi connectivity index (χ0v) is 19.8. The minimum Gasteiger partial charge on any atom is -0.404 e. The molecule has 0 unspecified atom stereocenters. The fraction of sp³-hybridized carbons (Fsp3) is 0.154. The van der Waals surface area contributed by atoms with Crippen LogP contribution in [0.3, 0.4) is 0 Å². The number of aromatic amines is 1. The van der Waals surface area contributed by atoms with Crippen LogP contribution in [0.25, 0.3) is 33.3 Å². The van der Waals surface area contributed by atoms with Crippen LogP contribution in [0.4, 0.5) is 5.69 Å². The van der Waals surface area contributed by atoms with Crippen LogP contribution in [0.1, 0.15) is 22.4 Å². The minimum absolute atomic E-state index is 0.274. The maximum atomic E-state index is 12.1. The number of rotatable bonds is 7. The minimum atomic E-state index is -0.274. The standard InChI is InChI=1S/C26H29N7O/c1-6-22(34)32-24-15(2)7-8-20(16(24)3)23-21-9-17(18(10-27)12-29-4)14-31-26(21)33-25(23)19(11-28)13-30-5/h6-14H,1,27-28H2,2-5H3,(H,31,33)(H,32,34)/b18-10+,19-11+,29-12?,30-13?. The van der Waals surface area contributed by atoms with Gasteiger partial charge in [-0.1, -0.05) is 18.7 Å². The number of hydrogen-bond donors (Lipinski definition) is 4. The zero-order valence-electron chi connectivity index (χ0n) is 19.8. The van der Waals surface area contributed by atoms with Crippen LogP contribution in [0.5, 0.6) is 0 Å². The first-order chi connectivity index (χ1) is 16.4. The van der Waals surface area contributed by atoms with E-state index in [1.807, 2.05) is 32.0 Å². The highest BCUT2D eigenvalue weighted by molar-refractivity contribution is 6.16. The molecule has 1 aromatic carbocycles. The lowest BCUT2D eigenvalue weighted by Crippen LogP contribution is -2.10. The second kappa shape index (κ2) is 10.4. The van der Waals surface area contributed by atoms with Crippen molar-refractivity contribution in [1.29, 1.82) is 0 Å². The number of benzene rings is 1. The maximum absolute atomic E-state index is 12.1. The Bertz CT molecular complexity index is 1370. The van der Waals surface area contributed by atoms with Crippen LogP contribution in [-0.4, -0.2) is 42.4 Å². The maximum Gasteiger partial charge on any atom is 0.247 e. The molecule has 1 amide bonds. The number of nitrogens with two attached hydrogens (primary N) is 2. The van der Waals surface area contributed by atoms with Crippen molar-refractivity contribution >= 4 is 46.2 Å². The van der Waals surface area contributed by atoms with E-state index in [9.17, 15) is 4.79 Å². The van der Waals surface area contributed by atoms with Crippen molar-refractivity contribution in [3.05, 3.63) is 71.8 Å². The van der Waals surface area contributed by atoms with E-state index in [4.69, 9.17) is 11.5 Å². The number of fused-ring (bicyclic) bond motifs is 1. The van der Waals surface area contributed by atoms with Crippen LogP contribution in [-0.2, 0) is 4.79 Å². The average Bonchev–Trinajstić information content (AvgIpc) is 3.21. The van der Waals surface area contributed by atoms with Gasteiger partial charge in [-0.25, -0.2) is 4.98 Å². The van der Waals surface area contributed by atoms with E-state index < -0.39 is 0 Å². The third kappa shape index (κ3) is 4.52. The van der Waals surface area contributed by atoms with Gasteiger partial charge in [0.2, 0.25) is 5.91 Å².